The van der Waals surface area contributed by atoms with Crippen LogP contribution in [0.3, 0.4) is 0 Å². The standard InChI is InChI=1S/C18H14O5/c19-12-6-1-3-9-15(12)22-17-11-5-8-14(21)18(17)23-16-10-4-2-7-13(16)20/h1-11,19-21H. The minimum absolute atomic E-state index is 0.0376. The second kappa shape index (κ2) is 6.19. The summed E-state index contributed by atoms with van der Waals surface area (Å²) in [6.45, 7) is 0. The van der Waals surface area contributed by atoms with Crippen LogP contribution in [-0.2, 0) is 0 Å². The molecule has 116 valence electrons. The molecule has 23 heavy (non-hydrogen) atoms. The molecule has 0 aliphatic rings. The Labute approximate surface area is 132 Å². The Hall–Kier alpha value is -3.34. The fourth-order valence-electron chi connectivity index (χ4n) is 2.00. The van der Waals surface area contributed by atoms with Crippen molar-refractivity contribution in [3.63, 3.8) is 0 Å². The average Bonchev–Trinajstić information content (AvgIpc) is 2.54. The fourth-order valence-corrected chi connectivity index (χ4v) is 2.00. The largest absolute Gasteiger partial charge is 0.504 e. The van der Waals surface area contributed by atoms with Gasteiger partial charge in [0, 0.05) is 0 Å². The Morgan fingerprint density at radius 3 is 1.57 bits per heavy atom. The van der Waals surface area contributed by atoms with Gasteiger partial charge in [-0.1, -0.05) is 30.3 Å². The first kappa shape index (κ1) is 14.6. The Morgan fingerprint density at radius 2 is 0.957 bits per heavy atom. The average molecular weight is 310 g/mol. The minimum atomic E-state index is -0.152. The first-order valence-corrected chi connectivity index (χ1v) is 6.89. The Morgan fingerprint density at radius 1 is 0.478 bits per heavy atom. The molecule has 0 saturated heterocycles. The summed E-state index contributed by atoms with van der Waals surface area (Å²) in [6, 6.07) is 17.4. The van der Waals surface area contributed by atoms with E-state index in [1.165, 1.54) is 18.2 Å². The SMILES string of the molecule is Oc1ccccc1Oc1cccc(O)c1Oc1ccccc1O. The summed E-state index contributed by atoms with van der Waals surface area (Å²) in [5.41, 5.74) is 0. The molecule has 0 saturated carbocycles. The molecule has 0 spiro atoms. The molecular formula is C18H14O5. The maximum absolute atomic E-state index is 10.0. The van der Waals surface area contributed by atoms with Gasteiger partial charge in [0.15, 0.2) is 34.5 Å². The highest BCUT2D eigenvalue weighted by molar-refractivity contribution is 5.56. The van der Waals surface area contributed by atoms with Crippen LogP contribution in [0.2, 0.25) is 0 Å². The van der Waals surface area contributed by atoms with E-state index in [0.29, 0.717) is 0 Å². The summed E-state index contributed by atoms with van der Waals surface area (Å²) in [7, 11) is 0. The number of rotatable bonds is 4. The number of phenolic OH excluding ortho intramolecular Hbond substituents is 3. The van der Waals surface area contributed by atoms with Crippen LogP contribution in [0.15, 0.2) is 66.7 Å². The van der Waals surface area contributed by atoms with E-state index >= 15 is 0 Å². The Kier molecular flexibility index (Phi) is 3.93. The van der Waals surface area contributed by atoms with E-state index < -0.39 is 0 Å². The van der Waals surface area contributed by atoms with Gasteiger partial charge in [0.2, 0.25) is 5.75 Å². The number of para-hydroxylation sites is 5. The predicted molar refractivity (Wildman–Crippen MR) is 84.5 cm³/mol. The summed E-state index contributed by atoms with van der Waals surface area (Å²) in [5.74, 6) is 0.387. The Balaban J connectivity index is 1.97. The number of ether oxygens (including phenoxy) is 2. The molecule has 0 unspecified atom stereocenters. The van der Waals surface area contributed by atoms with Crippen molar-refractivity contribution in [1.29, 1.82) is 0 Å². The second-order valence-electron chi connectivity index (χ2n) is 4.74. The van der Waals surface area contributed by atoms with Gasteiger partial charge in [0.1, 0.15) is 0 Å². The van der Waals surface area contributed by atoms with E-state index in [1.807, 2.05) is 0 Å². The smallest absolute Gasteiger partial charge is 0.211 e. The van der Waals surface area contributed by atoms with Crippen molar-refractivity contribution in [3.8, 4) is 40.2 Å². The minimum Gasteiger partial charge on any atom is -0.504 e. The van der Waals surface area contributed by atoms with E-state index in [1.54, 1.807) is 48.5 Å². The van der Waals surface area contributed by atoms with Crippen molar-refractivity contribution < 1.29 is 24.8 Å². The molecule has 0 aliphatic heterocycles. The van der Waals surface area contributed by atoms with Crippen LogP contribution in [-0.4, -0.2) is 15.3 Å². The van der Waals surface area contributed by atoms with Crippen LogP contribution in [0.5, 0.6) is 40.2 Å². The number of hydrogen-bond acceptors (Lipinski definition) is 5. The highest BCUT2D eigenvalue weighted by Gasteiger charge is 2.15. The molecule has 0 heterocycles. The summed E-state index contributed by atoms with van der Waals surface area (Å²) in [4.78, 5) is 0. The molecule has 5 heteroatoms. The molecule has 3 rings (SSSR count). The van der Waals surface area contributed by atoms with Gasteiger partial charge in [-0.05, 0) is 36.4 Å². The third-order valence-corrected chi connectivity index (χ3v) is 3.12. The molecule has 0 bridgehead atoms. The number of benzene rings is 3. The molecular weight excluding hydrogens is 296 g/mol. The summed E-state index contributed by atoms with van der Waals surface area (Å²) < 4.78 is 11.2. The van der Waals surface area contributed by atoms with Crippen LogP contribution in [0.4, 0.5) is 0 Å². The fraction of sp³-hybridized carbons (Fsp3) is 0. The van der Waals surface area contributed by atoms with Gasteiger partial charge in [-0.25, -0.2) is 0 Å². The van der Waals surface area contributed by atoms with Crippen LogP contribution in [0, 0.1) is 0 Å². The molecule has 5 nitrogen and oxygen atoms in total. The van der Waals surface area contributed by atoms with Crippen molar-refractivity contribution >= 4 is 0 Å². The monoisotopic (exact) mass is 310 g/mol. The maximum atomic E-state index is 10.0. The highest BCUT2D eigenvalue weighted by Crippen LogP contribution is 2.44. The van der Waals surface area contributed by atoms with E-state index in [4.69, 9.17) is 9.47 Å². The van der Waals surface area contributed by atoms with Gasteiger partial charge in [-0.2, -0.15) is 0 Å². The van der Waals surface area contributed by atoms with E-state index in [-0.39, 0.29) is 40.2 Å². The summed E-state index contributed by atoms with van der Waals surface area (Å²) in [6.07, 6.45) is 0. The van der Waals surface area contributed by atoms with Crippen molar-refractivity contribution in [1.82, 2.24) is 0 Å². The molecule has 0 radical (unpaired) electrons. The zero-order chi connectivity index (χ0) is 16.2. The normalized spacial score (nSPS) is 10.3. The number of aromatic hydroxyl groups is 3. The molecule has 0 fully saturated rings. The van der Waals surface area contributed by atoms with Crippen LogP contribution < -0.4 is 9.47 Å². The van der Waals surface area contributed by atoms with Gasteiger partial charge < -0.3 is 24.8 Å². The van der Waals surface area contributed by atoms with Crippen LogP contribution in [0.1, 0.15) is 0 Å². The quantitative estimate of drug-likeness (QED) is 0.666. The zero-order valence-electron chi connectivity index (χ0n) is 12.0. The third kappa shape index (κ3) is 3.13. The highest BCUT2D eigenvalue weighted by atomic mass is 16.5. The second-order valence-corrected chi connectivity index (χ2v) is 4.74. The zero-order valence-corrected chi connectivity index (χ0v) is 12.0. The first-order chi connectivity index (χ1) is 11.1. The predicted octanol–water partition coefficient (Wildman–Crippen LogP) is 4.39. The Bertz CT molecular complexity index is 829. The molecule has 0 aliphatic carbocycles. The van der Waals surface area contributed by atoms with Crippen molar-refractivity contribution in [3.05, 3.63) is 66.7 Å². The molecule has 3 N–H and O–H groups in total. The van der Waals surface area contributed by atoms with Gasteiger partial charge in [-0.15, -0.1) is 0 Å². The van der Waals surface area contributed by atoms with E-state index in [9.17, 15) is 15.3 Å². The van der Waals surface area contributed by atoms with Crippen molar-refractivity contribution in [2.24, 2.45) is 0 Å². The number of phenols is 3. The first-order valence-electron chi connectivity index (χ1n) is 6.89. The van der Waals surface area contributed by atoms with E-state index in [0.717, 1.165) is 0 Å². The van der Waals surface area contributed by atoms with Gasteiger partial charge >= 0.3 is 0 Å². The van der Waals surface area contributed by atoms with Crippen molar-refractivity contribution in [2.45, 2.75) is 0 Å². The lowest BCUT2D eigenvalue weighted by atomic mass is 10.2. The molecule has 3 aromatic rings. The molecule has 0 amide bonds. The topological polar surface area (TPSA) is 79.2 Å². The lowest BCUT2D eigenvalue weighted by Crippen LogP contribution is -1.91. The van der Waals surface area contributed by atoms with Crippen LogP contribution >= 0.6 is 0 Å². The van der Waals surface area contributed by atoms with Gasteiger partial charge in [-0.3, -0.25) is 0 Å². The molecule has 0 aromatic heterocycles. The van der Waals surface area contributed by atoms with E-state index in [2.05, 4.69) is 0 Å². The lowest BCUT2D eigenvalue weighted by Gasteiger charge is -2.14. The third-order valence-electron chi connectivity index (χ3n) is 3.12. The molecule has 3 aromatic carbocycles. The number of hydrogen-bond donors (Lipinski definition) is 3. The lowest BCUT2D eigenvalue weighted by molar-refractivity contribution is 0.356. The summed E-state index contributed by atoms with van der Waals surface area (Å²) in [5, 5.41) is 29.6. The van der Waals surface area contributed by atoms with Gasteiger partial charge in [0.25, 0.3) is 0 Å². The molecule has 0 atom stereocenters. The van der Waals surface area contributed by atoms with Gasteiger partial charge in [0.05, 0.1) is 0 Å². The maximum Gasteiger partial charge on any atom is 0.211 e. The van der Waals surface area contributed by atoms with Crippen molar-refractivity contribution in [2.75, 3.05) is 0 Å². The summed E-state index contributed by atoms with van der Waals surface area (Å²) >= 11 is 0. The van der Waals surface area contributed by atoms with Crippen LogP contribution in [0.25, 0.3) is 0 Å².